The third kappa shape index (κ3) is 5.35. The van der Waals surface area contributed by atoms with Gasteiger partial charge in [-0.25, -0.2) is 4.98 Å². The minimum Gasteiger partial charge on any atom is -0.394 e. The predicted molar refractivity (Wildman–Crippen MR) is 112 cm³/mol. The van der Waals surface area contributed by atoms with E-state index in [-0.39, 0.29) is 0 Å². The molecule has 1 aromatic heterocycles. The molecule has 29 heavy (non-hydrogen) atoms. The van der Waals surface area contributed by atoms with Gasteiger partial charge in [0, 0.05) is 22.5 Å². The van der Waals surface area contributed by atoms with Crippen LogP contribution in [0.2, 0.25) is 5.02 Å². The molecule has 0 radical (unpaired) electrons. The number of aliphatic hydroxyl groups excluding tert-OH is 4. The highest BCUT2D eigenvalue weighted by molar-refractivity contribution is 7.11. The van der Waals surface area contributed by atoms with Crippen LogP contribution < -0.4 is 0 Å². The van der Waals surface area contributed by atoms with Gasteiger partial charge in [-0.2, -0.15) is 0 Å². The number of aliphatic hydroxyl groups is 4. The summed E-state index contributed by atoms with van der Waals surface area (Å²) in [5.74, 6) is 0. The van der Waals surface area contributed by atoms with Crippen LogP contribution in [0.1, 0.15) is 53.3 Å². The highest BCUT2D eigenvalue weighted by Gasteiger charge is 2.44. The molecule has 0 amide bonds. The van der Waals surface area contributed by atoms with Crippen molar-refractivity contribution in [3.05, 3.63) is 50.4 Å². The number of unbranched alkanes of at least 4 members (excludes halogenated alkanes) is 2. The molecule has 0 spiro atoms. The molecule has 6 nitrogen and oxygen atoms in total. The van der Waals surface area contributed by atoms with Gasteiger partial charge in [-0.05, 0) is 30.0 Å². The lowest BCUT2D eigenvalue weighted by Crippen LogP contribution is -2.55. The van der Waals surface area contributed by atoms with Crippen molar-refractivity contribution < 1.29 is 25.2 Å². The van der Waals surface area contributed by atoms with Crippen molar-refractivity contribution in [1.82, 2.24) is 4.98 Å². The van der Waals surface area contributed by atoms with Crippen molar-refractivity contribution in [3.63, 3.8) is 0 Å². The molecule has 4 N–H and O–H groups in total. The monoisotopic (exact) mass is 441 g/mol. The fourth-order valence-corrected chi connectivity index (χ4v) is 4.71. The zero-order chi connectivity index (χ0) is 21.0. The second kappa shape index (κ2) is 10.3. The number of halogens is 1. The van der Waals surface area contributed by atoms with Crippen LogP contribution in [-0.4, -0.2) is 56.4 Å². The highest BCUT2D eigenvalue weighted by atomic mass is 35.5. The molecule has 1 aliphatic heterocycles. The van der Waals surface area contributed by atoms with E-state index in [9.17, 15) is 20.4 Å². The quantitative estimate of drug-likeness (QED) is 0.469. The lowest BCUT2D eigenvalue weighted by atomic mass is 9.90. The molecular formula is C21H28ClNO5S. The van der Waals surface area contributed by atoms with Crippen LogP contribution >= 0.6 is 22.9 Å². The van der Waals surface area contributed by atoms with E-state index in [0.29, 0.717) is 17.0 Å². The number of thiazole rings is 1. The molecule has 0 unspecified atom stereocenters. The van der Waals surface area contributed by atoms with Crippen LogP contribution in [0.5, 0.6) is 0 Å². The van der Waals surface area contributed by atoms with Crippen molar-refractivity contribution in [1.29, 1.82) is 0 Å². The maximum Gasteiger partial charge on any atom is 0.113 e. The summed E-state index contributed by atoms with van der Waals surface area (Å²) in [6.07, 6.45) is 1.15. The second-order valence-electron chi connectivity index (χ2n) is 7.45. The smallest absolute Gasteiger partial charge is 0.113 e. The lowest BCUT2D eigenvalue weighted by Gasteiger charge is -2.40. The van der Waals surface area contributed by atoms with Crippen LogP contribution in [-0.2, 0) is 17.6 Å². The summed E-state index contributed by atoms with van der Waals surface area (Å²) >= 11 is 8.06. The van der Waals surface area contributed by atoms with Crippen molar-refractivity contribution in [2.45, 2.75) is 69.5 Å². The Bertz CT molecular complexity index is 799. The van der Waals surface area contributed by atoms with Gasteiger partial charge in [0.2, 0.25) is 0 Å². The molecule has 2 aromatic rings. The number of benzene rings is 1. The molecule has 3 rings (SSSR count). The number of hydrogen-bond acceptors (Lipinski definition) is 7. The Morgan fingerprint density at radius 2 is 1.93 bits per heavy atom. The number of ether oxygens (including phenoxy) is 1. The van der Waals surface area contributed by atoms with Gasteiger partial charge in [-0.3, -0.25) is 0 Å². The Kier molecular flexibility index (Phi) is 8.04. The van der Waals surface area contributed by atoms with E-state index in [1.165, 1.54) is 17.7 Å². The molecule has 0 saturated carbocycles. The fraction of sp³-hybridized carbons (Fsp3) is 0.571. The summed E-state index contributed by atoms with van der Waals surface area (Å²) in [6.45, 7) is 1.73. The Morgan fingerprint density at radius 3 is 2.66 bits per heavy atom. The Labute approximate surface area is 179 Å². The normalized spacial score (nSPS) is 27.3. The lowest BCUT2D eigenvalue weighted by molar-refractivity contribution is -0.231. The molecule has 160 valence electrons. The average molecular weight is 442 g/mol. The summed E-state index contributed by atoms with van der Waals surface area (Å²) in [5.41, 5.74) is 1.47. The third-order valence-electron chi connectivity index (χ3n) is 5.26. The molecule has 0 bridgehead atoms. The van der Waals surface area contributed by atoms with Crippen molar-refractivity contribution in [2.75, 3.05) is 6.61 Å². The van der Waals surface area contributed by atoms with Crippen molar-refractivity contribution >= 4 is 22.9 Å². The average Bonchev–Trinajstić information content (AvgIpc) is 3.16. The molecule has 8 heteroatoms. The minimum absolute atomic E-state index is 0.457. The first-order chi connectivity index (χ1) is 13.9. The Morgan fingerprint density at radius 1 is 1.14 bits per heavy atom. The van der Waals surface area contributed by atoms with Gasteiger partial charge in [0.25, 0.3) is 0 Å². The molecule has 5 atom stereocenters. The SMILES string of the molecule is CCCCCc1cnc(Cc2cc([C@@H]3O[C@H](CO)[C@@H](O)[C@H](O)[C@H]3O)ccc2Cl)s1. The van der Waals surface area contributed by atoms with E-state index >= 15 is 0 Å². The zero-order valence-corrected chi connectivity index (χ0v) is 17.9. The first-order valence-electron chi connectivity index (χ1n) is 9.97. The van der Waals surface area contributed by atoms with Crippen molar-refractivity contribution in [3.8, 4) is 0 Å². The largest absolute Gasteiger partial charge is 0.394 e. The molecule has 1 saturated heterocycles. The maximum atomic E-state index is 10.4. The number of aromatic nitrogens is 1. The first kappa shape index (κ1) is 22.6. The van der Waals surface area contributed by atoms with E-state index in [4.69, 9.17) is 16.3 Å². The number of aryl methyl sites for hydroxylation is 1. The summed E-state index contributed by atoms with van der Waals surface area (Å²) in [4.78, 5) is 5.77. The first-order valence-corrected chi connectivity index (χ1v) is 11.2. The van der Waals surface area contributed by atoms with Gasteiger partial charge >= 0.3 is 0 Å². The van der Waals surface area contributed by atoms with E-state index in [2.05, 4.69) is 11.9 Å². The highest BCUT2D eigenvalue weighted by Crippen LogP contribution is 2.34. The third-order valence-corrected chi connectivity index (χ3v) is 6.69. The molecule has 1 aliphatic rings. The molecule has 1 fully saturated rings. The van der Waals surface area contributed by atoms with Crippen LogP contribution in [0.25, 0.3) is 0 Å². The maximum absolute atomic E-state index is 10.4. The van der Waals surface area contributed by atoms with Crippen LogP contribution in [0, 0.1) is 0 Å². The predicted octanol–water partition coefficient (Wildman–Crippen LogP) is 2.63. The number of rotatable bonds is 8. The minimum atomic E-state index is -1.41. The topological polar surface area (TPSA) is 103 Å². The number of hydrogen-bond donors (Lipinski definition) is 4. The molecule has 0 aliphatic carbocycles. The standard InChI is InChI=1S/C21H28ClNO5S/c1-2-3-4-5-14-10-23-17(29-14)9-13-8-12(6-7-15(13)22)21-20(27)19(26)18(25)16(11-24)28-21/h6-8,10,16,18-21,24-27H,2-5,9,11H2,1H3/t16-,18-,19+,20-,21+/m1/s1. The van der Waals surface area contributed by atoms with Gasteiger partial charge in [0.15, 0.2) is 0 Å². The van der Waals surface area contributed by atoms with Gasteiger partial charge in [-0.1, -0.05) is 43.5 Å². The van der Waals surface area contributed by atoms with Crippen LogP contribution in [0.4, 0.5) is 0 Å². The number of nitrogens with zero attached hydrogens (tertiary/aromatic N) is 1. The van der Waals surface area contributed by atoms with Gasteiger partial charge in [-0.15, -0.1) is 11.3 Å². The summed E-state index contributed by atoms with van der Waals surface area (Å²) < 4.78 is 5.65. The Balaban J connectivity index is 1.76. The van der Waals surface area contributed by atoms with Crippen LogP contribution in [0.15, 0.2) is 24.4 Å². The van der Waals surface area contributed by atoms with Crippen molar-refractivity contribution in [2.24, 2.45) is 0 Å². The molecule has 1 aromatic carbocycles. The summed E-state index contributed by atoms with van der Waals surface area (Å²) in [6, 6.07) is 5.27. The van der Waals surface area contributed by atoms with Crippen LogP contribution in [0.3, 0.4) is 0 Å². The van der Waals surface area contributed by atoms with E-state index in [1.54, 1.807) is 23.5 Å². The zero-order valence-electron chi connectivity index (χ0n) is 16.4. The summed E-state index contributed by atoms with van der Waals surface area (Å²) in [5, 5.41) is 41.3. The van der Waals surface area contributed by atoms with Gasteiger partial charge in [0.05, 0.1) is 11.6 Å². The fourth-order valence-electron chi connectivity index (χ4n) is 3.54. The van der Waals surface area contributed by atoms with Gasteiger partial charge < -0.3 is 25.2 Å². The van der Waals surface area contributed by atoms with E-state index in [0.717, 1.165) is 23.4 Å². The van der Waals surface area contributed by atoms with E-state index in [1.807, 2.05) is 12.3 Å². The van der Waals surface area contributed by atoms with E-state index < -0.39 is 37.1 Å². The molecule has 2 heterocycles. The summed E-state index contributed by atoms with van der Waals surface area (Å²) in [7, 11) is 0. The second-order valence-corrected chi connectivity index (χ2v) is 9.06. The molecular weight excluding hydrogens is 414 g/mol. The van der Waals surface area contributed by atoms with Gasteiger partial charge in [0.1, 0.15) is 30.5 Å². The Hall–Kier alpha value is -1.06.